The third kappa shape index (κ3) is 1.18. The summed E-state index contributed by atoms with van der Waals surface area (Å²) in [5, 5.41) is 2.54. The second kappa shape index (κ2) is 2.56. The molecule has 2 aromatic rings. The molecule has 5 heteroatoms. The van der Waals surface area contributed by atoms with E-state index >= 15 is 0 Å². The Hall–Kier alpha value is -0.430. The van der Waals surface area contributed by atoms with Crippen LogP contribution in [0.2, 0.25) is 0 Å². The van der Waals surface area contributed by atoms with Gasteiger partial charge in [0.1, 0.15) is 4.83 Å². The van der Waals surface area contributed by atoms with Crippen molar-refractivity contribution in [2.24, 2.45) is 0 Å². The van der Waals surface area contributed by atoms with Crippen LogP contribution in [0.15, 0.2) is 16.2 Å². The van der Waals surface area contributed by atoms with Crippen molar-refractivity contribution in [3.05, 3.63) is 25.6 Å². The van der Waals surface area contributed by atoms with Gasteiger partial charge in [-0.3, -0.25) is 4.79 Å². The van der Waals surface area contributed by atoms with Crippen LogP contribution >= 0.6 is 33.9 Å². The predicted molar refractivity (Wildman–Crippen MR) is 53.0 cm³/mol. The molecule has 2 aromatic heterocycles. The van der Waals surface area contributed by atoms with E-state index in [4.69, 9.17) is 0 Å². The number of thiophene rings is 1. The van der Waals surface area contributed by atoms with E-state index in [1.165, 1.54) is 11.3 Å². The Balaban J connectivity index is 3.02. The Morgan fingerprint density at radius 1 is 1.64 bits per heavy atom. The number of nitrogens with one attached hydrogen (secondary N) is 1. The zero-order valence-corrected chi connectivity index (χ0v) is 8.27. The topological polar surface area (TPSA) is 45.8 Å². The van der Waals surface area contributed by atoms with Gasteiger partial charge in [0.15, 0.2) is 3.83 Å². The highest BCUT2D eigenvalue weighted by Gasteiger charge is 2.01. The molecule has 0 spiro atoms. The molecule has 0 aliphatic carbocycles. The van der Waals surface area contributed by atoms with E-state index in [9.17, 15) is 4.79 Å². The van der Waals surface area contributed by atoms with Crippen LogP contribution in [-0.2, 0) is 0 Å². The van der Waals surface area contributed by atoms with Gasteiger partial charge in [-0.25, -0.2) is 4.98 Å². The lowest BCUT2D eigenvalue weighted by molar-refractivity contribution is 1.12. The maximum Gasteiger partial charge on any atom is 0.260 e. The molecule has 3 nitrogen and oxygen atoms in total. The normalized spacial score (nSPS) is 10.6. The summed E-state index contributed by atoms with van der Waals surface area (Å²) in [6.45, 7) is 0. The molecule has 2 heterocycles. The molecule has 0 amide bonds. The van der Waals surface area contributed by atoms with Gasteiger partial charge in [0.05, 0.1) is 5.39 Å². The molecule has 0 aliphatic rings. The third-order valence-electron chi connectivity index (χ3n) is 1.31. The van der Waals surface area contributed by atoms with Crippen LogP contribution in [0.25, 0.3) is 10.2 Å². The van der Waals surface area contributed by atoms with Crippen LogP contribution < -0.4 is 5.56 Å². The fourth-order valence-corrected chi connectivity index (χ4v) is 2.25. The van der Waals surface area contributed by atoms with Crippen molar-refractivity contribution < 1.29 is 0 Å². The fourth-order valence-electron chi connectivity index (χ4n) is 0.839. The first-order chi connectivity index (χ1) is 5.27. The van der Waals surface area contributed by atoms with Gasteiger partial charge in [0, 0.05) is 0 Å². The zero-order valence-electron chi connectivity index (χ0n) is 5.30. The summed E-state index contributed by atoms with van der Waals surface area (Å²) in [5.41, 5.74) is -0.0550. The molecule has 0 radical (unpaired) electrons. The number of H-pyrrole nitrogens is 1. The molecule has 0 saturated heterocycles. The van der Waals surface area contributed by atoms with Crippen molar-refractivity contribution in [1.29, 1.82) is 0 Å². The summed E-state index contributed by atoms with van der Waals surface area (Å²) in [7, 11) is 0. The average Bonchev–Trinajstić information content (AvgIpc) is 2.34. The van der Waals surface area contributed by atoms with Gasteiger partial charge in [-0.05, 0) is 34.0 Å². The minimum Gasteiger partial charge on any atom is -0.301 e. The van der Waals surface area contributed by atoms with E-state index in [1.807, 2.05) is 28.0 Å². The van der Waals surface area contributed by atoms with Crippen LogP contribution in [0.3, 0.4) is 0 Å². The summed E-state index contributed by atoms with van der Waals surface area (Å²) in [5.74, 6) is 0. The van der Waals surface area contributed by atoms with Crippen molar-refractivity contribution in [2.75, 3.05) is 0 Å². The number of hydrogen-bond donors (Lipinski definition) is 1. The lowest BCUT2D eigenvalue weighted by Crippen LogP contribution is -2.07. The standard InChI is InChI=1S/C6H3IN2OS/c7-6-8-4(10)3-1-2-11-5(3)9-6/h1-2H,(H,8,9,10). The van der Waals surface area contributed by atoms with Crippen molar-refractivity contribution in [1.82, 2.24) is 9.97 Å². The molecule has 0 aliphatic heterocycles. The lowest BCUT2D eigenvalue weighted by Gasteiger charge is -1.88. The quantitative estimate of drug-likeness (QED) is 0.587. The van der Waals surface area contributed by atoms with E-state index < -0.39 is 0 Å². The van der Waals surface area contributed by atoms with E-state index in [-0.39, 0.29) is 5.56 Å². The second-order valence-corrected chi connectivity index (χ2v) is 3.91. The van der Waals surface area contributed by atoms with Gasteiger partial charge >= 0.3 is 0 Å². The van der Waals surface area contributed by atoms with Crippen LogP contribution in [-0.4, -0.2) is 9.97 Å². The van der Waals surface area contributed by atoms with Crippen LogP contribution in [0.1, 0.15) is 0 Å². The Morgan fingerprint density at radius 3 is 3.27 bits per heavy atom. The number of halogens is 1. The molecule has 0 bridgehead atoms. The molecule has 2 rings (SSSR count). The van der Waals surface area contributed by atoms with Gasteiger partial charge in [-0.2, -0.15) is 0 Å². The van der Waals surface area contributed by atoms with Gasteiger partial charge in [0.25, 0.3) is 5.56 Å². The van der Waals surface area contributed by atoms with Crippen molar-refractivity contribution >= 4 is 44.1 Å². The highest BCUT2D eigenvalue weighted by Crippen LogP contribution is 2.13. The summed E-state index contributed by atoms with van der Waals surface area (Å²) >= 11 is 3.47. The maximum absolute atomic E-state index is 11.2. The highest BCUT2D eigenvalue weighted by molar-refractivity contribution is 14.1. The lowest BCUT2D eigenvalue weighted by atomic mass is 10.4. The van der Waals surface area contributed by atoms with Gasteiger partial charge < -0.3 is 4.98 Å². The van der Waals surface area contributed by atoms with Gasteiger partial charge in [-0.1, -0.05) is 0 Å². The van der Waals surface area contributed by atoms with Crippen LogP contribution in [0.4, 0.5) is 0 Å². The smallest absolute Gasteiger partial charge is 0.260 e. The first-order valence-corrected chi connectivity index (χ1v) is 4.86. The van der Waals surface area contributed by atoms with Gasteiger partial charge in [0.2, 0.25) is 0 Å². The van der Waals surface area contributed by atoms with Crippen molar-refractivity contribution in [3.8, 4) is 0 Å². The molecular formula is C6H3IN2OS. The summed E-state index contributed by atoms with van der Waals surface area (Å²) in [6.07, 6.45) is 0. The summed E-state index contributed by atoms with van der Waals surface area (Å²) in [6, 6.07) is 1.78. The SMILES string of the molecule is O=c1[nH]c(I)nc2sccc12. The second-order valence-electron chi connectivity index (χ2n) is 2.00. The predicted octanol–water partition coefficient (Wildman–Crippen LogP) is 1.59. The first kappa shape index (κ1) is 7.23. The minimum atomic E-state index is -0.0550. The van der Waals surface area contributed by atoms with E-state index in [2.05, 4.69) is 9.97 Å². The number of aromatic nitrogens is 2. The number of nitrogens with zero attached hydrogens (tertiary/aromatic N) is 1. The number of hydrogen-bond acceptors (Lipinski definition) is 3. The molecule has 0 fully saturated rings. The minimum absolute atomic E-state index is 0.0550. The number of rotatable bonds is 0. The Bertz CT molecular complexity index is 447. The summed E-state index contributed by atoms with van der Waals surface area (Å²) in [4.78, 5) is 18.7. The summed E-state index contributed by atoms with van der Waals surface area (Å²) < 4.78 is 0.641. The molecular weight excluding hydrogens is 275 g/mol. The van der Waals surface area contributed by atoms with Crippen molar-refractivity contribution in [3.63, 3.8) is 0 Å². The van der Waals surface area contributed by atoms with E-state index in [0.717, 1.165) is 4.83 Å². The average molecular weight is 278 g/mol. The molecule has 0 aromatic carbocycles. The Morgan fingerprint density at radius 2 is 2.45 bits per heavy atom. The molecule has 0 unspecified atom stereocenters. The third-order valence-corrected chi connectivity index (χ3v) is 2.62. The number of fused-ring (bicyclic) bond motifs is 1. The fraction of sp³-hybridized carbons (Fsp3) is 0. The van der Waals surface area contributed by atoms with Crippen molar-refractivity contribution in [2.45, 2.75) is 0 Å². The zero-order chi connectivity index (χ0) is 7.84. The Kier molecular flexibility index (Phi) is 1.68. The highest BCUT2D eigenvalue weighted by atomic mass is 127. The molecule has 56 valence electrons. The number of aromatic amines is 1. The van der Waals surface area contributed by atoms with Crippen LogP contribution in [0, 0.1) is 3.83 Å². The largest absolute Gasteiger partial charge is 0.301 e. The molecule has 0 saturated carbocycles. The first-order valence-electron chi connectivity index (χ1n) is 2.90. The van der Waals surface area contributed by atoms with E-state index in [0.29, 0.717) is 9.22 Å². The molecule has 1 N–H and O–H groups in total. The van der Waals surface area contributed by atoms with Crippen LogP contribution in [0.5, 0.6) is 0 Å². The van der Waals surface area contributed by atoms with E-state index in [1.54, 1.807) is 6.07 Å². The Labute approximate surface area is 79.6 Å². The van der Waals surface area contributed by atoms with Gasteiger partial charge in [-0.15, -0.1) is 11.3 Å². The monoisotopic (exact) mass is 278 g/mol. The molecule has 0 atom stereocenters. The maximum atomic E-state index is 11.2. The molecule has 11 heavy (non-hydrogen) atoms.